The molecule has 0 amide bonds. The fourth-order valence-corrected chi connectivity index (χ4v) is 2.68. The lowest BCUT2D eigenvalue weighted by Gasteiger charge is -2.17. The van der Waals surface area contributed by atoms with Gasteiger partial charge >= 0.3 is 5.97 Å². The highest BCUT2D eigenvalue weighted by Crippen LogP contribution is 2.42. The van der Waals surface area contributed by atoms with Crippen LogP contribution in [0.15, 0.2) is 12.1 Å². The monoisotopic (exact) mass is 285 g/mol. The van der Waals surface area contributed by atoms with Gasteiger partial charge in [0.2, 0.25) is 0 Å². The van der Waals surface area contributed by atoms with Gasteiger partial charge in [0.1, 0.15) is 16.5 Å². The van der Waals surface area contributed by atoms with Gasteiger partial charge < -0.3 is 19.9 Å². The number of hydrogen-bond donors (Lipinski definition) is 2. The molecule has 0 aromatic heterocycles. The molecule has 1 aromatic carbocycles. The molecule has 19 heavy (non-hydrogen) atoms. The van der Waals surface area contributed by atoms with E-state index < -0.39 is 5.97 Å². The summed E-state index contributed by atoms with van der Waals surface area (Å²) in [5.74, 6) is -0.0937. The van der Waals surface area contributed by atoms with E-state index >= 15 is 0 Å². The molecule has 2 atom stereocenters. The fraction of sp³-hybridized carbons (Fsp3) is 0.462. The number of aliphatic carboxylic acids is 1. The average Bonchev–Trinajstić information content (AvgIpc) is 2.87. The minimum Gasteiger partial charge on any atom is -0.495 e. The Hall–Kier alpha value is -1.46. The number of carbonyl (C=O) groups is 1. The normalized spacial score (nSPS) is 22.3. The molecule has 0 saturated carbocycles. The summed E-state index contributed by atoms with van der Waals surface area (Å²) in [6, 6.07) is 3.54. The number of rotatable bonds is 4. The number of hydrogen-bond acceptors (Lipinski definition) is 4. The molecule has 5 nitrogen and oxygen atoms in total. The summed E-state index contributed by atoms with van der Waals surface area (Å²) in [4.78, 5) is 11.0. The Labute approximate surface area is 116 Å². The first-order valence-corrected chi connectivity index (χ1v) is 6.32. The minimum atomic E-state index is -0.784. The Kier molecular flexibility index (Phi) is 4.17. The third-order valence-corrected chi connectivity index (χ3v) is 3.73. The number of carboxylic acid groups (broad SMARTS) is 1. The highest BCUT2D eigenvalue weighted by Gasteiger charge is 2.32. The highest BCUT2D eigenvalue weighted by molar-refractivity contribution is 6.33. The van der Waals surface area contributed by atoms with Crippen molar-refractivity contribution in [2.45, 2.75) is 12.5 Å². The van der Waals surface area contributed by atoms with E-state index in [1.54, 1.807) is 6.07 Å². The van der Waals surface area contributed by atoms with E-state index in [0.29, 0.717) is 29.5 Å². The van der Waals surface area contributed by atoms with Crippen molar-refractivity contribution >= 4 is 17.6 Å². The number of methoxy groups -OCH3 is 2. The fourth-order valence-electron chi connectivity index (χ4n) is 2.35. The molecule has 1 heterocycles. The van der Waals surface area contributed by atoms with Crippen molar-refractivity contribution in [3.05, 3.63) is 22.7 Å². The third-order valence-electron chi connectivity index (χ3n) is 3.37. The van der Waals surface area contributed by atoms with Crippen molar-refractivity contribution in [2.24, 2.45) is 5.92 Å². The lowest BCUT2D eigenvalue weighted by Crippen LogP contribution is -2.17. The maximum atomic E-state index is 11.0. The first kappa shape index (κ1) is 14.0. The van der Waals surface area contributed by atoms with Crippen molar-refractivity contribution in [3.63, 3.8) is 0 Å². The molecule has 0 spiro atoms. The molecular formula is C13H16ClNO4. The summed E-state index contributed by atoms with van der Waals surface area (Å²) in [5, 5.41) is 12.6. The van der Waals surface area contributed by atoms with Gasteiger partial charge in [0.25, 0.3) is 0 Å². The number of carboxylic acids is 1. The van der Waals surface area contributed by atoms with Crippen molar-refractivity contribution in [1.82, 2.24) is 5.32 Å². The van der Waals surface area contributed by atoms with Crippen LogP contribution in [0.25, 0.3) is 0 Å². The lowest BCUT2D eigenvalue weighted by molar-refractivity contribution is -0.141. The zero-order valence-corrected chi connectivity index (χ0v) is 11.5. The predicted molar refractivity (Wildman–Crippen MR) is 71.0 cm³/mol. The Morgan fingerprint density at radius 1 is 1.42 bits per heavy atom. The van der Waals surface area contributed by atoms with Crippen LogP contribution in [-0.2, 0) is 4.79 Å². The molecular weight excluding hydrogens is 270 g/mol. The van der Waals surface area contributed by atoms with Gasteiger partial charge in [-0.3, -0.25) is 4.79 Å². The summed E-state index contributed by atoms with van der Waals surface area (Å²) >= 11 is 6.20. The standard InChI is InChI=1S/C13H16ClNO4/c1-18-10-4-3-8(12(19-2)11(10)14)9-5-7(6-15-9)13(16)17/h3-4,7,9,15H,5-6H2,1-2H3,(H,16,17). The smallest absolute Gasteiger partial charge is 0.307 e. The van der Waals surface area contributed by atoms with Gasteiger partial charge in [-0.25, -0.2) is 0 Å². The molecule has 2 N–H and O–H groups in total. The van der Waals surface area contributed by atoms with E-state index in [1.165, 1.54) is 14.2 Å². The van der Waals surface area contributed by atoms with Crippen LogP contribution in [0.3, 0.4) is 0 Å². The SMILES string of the molecule is COc1ccc(C2CC(C(=O)O)CN2)c(OC)c1Cl. The van der Waals surface area contributed by atoms with Gasteiger partial charge in [-0.2, -0.15) is 0 Å². The Morgan fingerprint density at radius 3 is 2.68 bits per heavy atom. The maximum Gasteiger partial charge on any atom is 0.307 e. The molecule has 1 fully saturated rings. The van der Waals surface area contributed by atoms with Crippen molar-refractivity contribution in [3.8, 4) is 11.5 Å². The van der Waals surface area contributed by atoms with Gasteiger partial charge in [0.05, 0.1) is 20.1 Å². The van der Waals surface area contributed by atoms with Gasteiger partial charge in [-0.1, -0.05) is 11.6 Å². The second-order valence-corrected chi connectivity index (χ2v) is 4.81. The zero-order chi connectivity index (χ0) is 14.0. The predicted octanol–water partition coefficient (Wildman–Crippen LogP) is 2.09. The molecule has 0 aliphatic carbocycles. The van der Waals surface area contributed by atoms with Gasteiger partial charge in [0, 0.05) is 18.2 Å². The Balaban J connectivity index is 2.31. The summed E-state index contributed by atoms with van der Waals surface area (Å²) in [6.07, 6.45) is 0.522. The van der Waals surface area contributed by atoms with Crippen molar-refractivity contribution in [1.29, 1.82) is 0 Å². The molecule has 0 radical (unpaired) electrons. The van der Waals surface area contributed by atoms with Crippen LogP contribution in [-0.4, -0.2) is 31.8 Å². The molecule has 6 heteroatoms. The number of benzene rings is 1. The average molecular weight is 286 g/mol. The van der Waals surface area contributed by atoms with Gasteiger partial charge in [-0.15, -0.1) is 0 Å². The minimum absolute atomic E-state index is 0.0699. The summed E-state index contributed by atoms with van der Waals surface area (Å²) in [7, 11) is 3.07. The van der Waals surface area contributed by atoms with Crippen LogP contribution in [0.4, 0.5) is 0 Å². The zero-order valence-electron chi connectivity index (χ0n) is 10.8. The first-order valence-electron chi connectivity index (χ1n) is 5.95. The first-order chi connectivity index (χ1) is 9.08. The third kappa shape index (κ3) is 2.62. The molecule has 104 valence electrons. The maximum absolute atomic E-state index is 11.0. The van der Waals surface area contributed by atoms with Crippen LogP contribution in [0.2, 0.25) is 5.02 Å². The molecule has 0 bridgehead atoms. The molecule has 1 aliphatic rings. The number of halogens is 1. The largest absolute Gasteiger partial charge is 0.495 e. The van der Waals surface area contributed by atoms with E-state index in [1.807, 2.05) is 6.07 Å². The van der Waals surface area contributed by atoms with Crippen LogP contribution in [0.5, 0.6) is 11.5 Å². The van der Waals surface area contributed by atoms with Crippen molar-refractivity contribution in [2.75, 3.05) is 20.8 Å². The second kappa shape index (κ2) is 5.67. The molecule has 1 aliphatic heterocycles. The van der Waals surface area contributed by atoms with E-state index in [2.05, 4.69) is 5.32 Å². The molecule has 1 saturated heterocycles. The van der Waals surface area contributed by atoms with Crippen molar-refractivity contribution < 1.29 is 19.4 Å². The molecule has 2 rings (SSSR count). The van der Waals surface area contributed by atoms with Gasteiger partial charge in [-0.05, 0) is 18.6 Å². The summed E-state index contributed by atoms with van der Waals surface area (Å²) in [6.45, 7) is 0.451. The van der Waals surface area contributed by atoms with Crippen LogP contribution in [0.1, 0.15) is 18.0 Å². The highest BCUT2D eigenvalue weighted by atomic mass is 35.5. The topological polar surface area (TPSA) is 67.8 Å². The summed E-state index contributed by atoms with van der Waals surface area (Å²) in [5.41, 5.74) is 0.858. The quantitative estimate of drug-likeness (QED) is 0.887. The Morgan fingerprint density at radius 2 is 2.16 bits per heavy atom. The van der Waals surface area contributed by atoms with E-state index in [4.69, 9.17) is 26.2 Å². The number of nitrogens with one attached hydrogen (secondary N) is 1. The molecule has 2 unspecified atom stereocenters. The van der Waals surface area contributed by atoms with E-state index in [-0.39, 0.29) is 12.0 Å². The van der Waals surface area contributed by atoms with Crippen LogP contribution < -0.4 is 14.8 Å². The van der Waals surface area contributed by atoms with Crippen LogP contribution in [0, 0.1) is 5.92 Å². The van der Waals surface area contributed by atoms with E-state index in [0.717, 1.165) is 5.56 Å². The number of ether oxygens (including phenoxy) is 2. The molecule has 1 aromatic rings. The lowest BCUT2D eigenvalue weighted by atomic mass is 9.99. The van der Waals surface area contributed by atoms with Crippen LogP contribution >= 0.6 is 11.6 Å². The second-order valence-electron chi connectivity index (χ2n) is 4.44. The summed E-state index contributed by atoms with van der Waals surface area (Å²) < 4.78 is 10.5. The van der Waals surface area contributed by atoms with E-state index in [9.17, 15) is 4.79 Å². The van der Waals surface area contributed by atoms with Gasteiger partial charge in [0.15, 0.2) is 0 Å². The Bertz CT molecular complexity index is 492.